The first-order chi connectivity index (χ1) is 8.61. The van der Waals surface area contributed by atoms with Gasteiger partial charge in [-0.2, -0.15) is 0 Å². The number of nitrogens with two attached hydrogens (primary N) is 1. The van der Waals surface area contributed by atoms with Crippen molar-refractivity contribution in [3.8, 4) is 16.3 Å². The van der Waals surface area contributed by atoms with Crippen LogP contribution in [-0.4, -0.2) is 16.6 Å². The van der Waals surface area contributed by atoms with Crippen molar-refractivity contribution in [3.05, 3.63) is 34.8 Å². The van der Waals surface area contributed by atoms with Crippen molar-refractivity contribution < 1.29 is 4.74 Å². The Morgan fingerprint density at radius 3 is 2.56 bits per heavy atom. The lowest BCUT2D eigenvalue weighted by molar-refractivity contribution is 0.340. The number of aromatic nitrogens is 1. The maximum atomic E-state index is 5.65. The normalized spacial score (nSPS) is 10.3. The minimum atomic E-state index is 0.405. The highest BCUT2D eigenvalue weighted by molar-refractivity contribution is 7.81. The predicted molar refractivity (Wildman–Crippen MR) is 79.3 cm³/mol. The number of nitrogens with zero attached hydrogens (tertiary/aromatic N) is 1. The molecule has 0 bridgehead atoms. The van der Waals surface area contributed by atoms with E-state index in [4.69, 9.17) is 22.7 Å². The van der Waals surface area contributed by atoms with Crippen molar-refractivity contribution in [2.24, 2.45) is 5.73 Å². The van der Waals surface area contributed by atoms with Crippen LogP contribution in [0.15, 0.2) is 24.3 Å². The van der Waals surface area contributed by atoms with Gasteiger partial charge in [-0.25, -0.2) is 4.98 Å². The van der Waals surface area contributed by atoms with Gasteiger partial charge in [0, 0.05) is 5.56 Å². The number of rotatable bonds is 4. The maximum absolute atomic E-state index is 5.65. The van der Waals surface area contributed by atoms with Crippen LogP contribution < -0.4 is 10.5 Å². The van der Waals surface area contributed by atoms with Gasteiger partial charge in [0.2, 0.25) is 0 Å². The predicted octanol–water partition coefficient (Wildman–Crippen LogP) is 3.15. The van der Waals surface area contributed by atoms with E-state index in [-0.39, 0.29) is 0 Å². The Bertz CT molecular complexity index is 561. The van der Waals surface area contributed by atoms with Gasteiger partial charge in [-0.15, -0.1) is 11.3 Å². The van der Waals surface area contributed by atoms with Gasteiger partial charge in [0.1, 0.15) is 15.7 Å². The highest BCUT2D eigenvalue weighted by Crippen LogP contribution is 2.29. The zero-order valence-corrected chi connectivity index (χ0v) is 11.9. The molecule has 18 heavy (non-hydrogen) atoms. The Hall–Kier alpha value is -1.46. The molecule has 0 saturated carbocycles. The Morgan fingerprint density at radius 1 is 1.39 bits per heavy atom. The molecule has 1 aromatic heterocycles. The lowest BCUT2D eigenvalue weighted by atomic mass is 10.2. The molecular weight excluding hydrogens is 264 g/mol. The Labute approximate surface area is 116 Å². The van der Waals surface area contributed by atoms with E-state index in [2.05, 4.69) is 4.98 Å². The second-order valence-electron chi connectivity index (χ2n) is 3.76. The van der Waals surface area contributed by atoms with Gasteiger partial charge in [-0.1, -0.05) is 12.2 Å². The summed E-state index contributed by atoms with van der Waals surface area (Å²) in [4.78, 5) is 5.78. The quantitative estimate of drug-likeness (QED) is 0.873. The Balaban J connectivity index is 2.31. The minimum absolute atomic E-state index is 0.405. The monoisotopic (exact) mass is 278 g/mol. The molecule has 3 nitrogen and oxygen atoms in total. The van der Waals surface area contributed by atoms with Crippen LogP contribution in [0.25, 0.3) is 10.6 Å². The van der Waals surface area contributed by atoms with Crippen LogP contribution in [0.5, 0.6) is 5.75 Å². The summed E-state index contributed by atoms with van der Waals surface area (Å²) in [5.41, 5.74) is 7.59. The number of hydrogen-bond acceptors (Lipinski definition) is 4. The van der Waals surface area contributed by atoms with E-state index in [0.29, 0.717) is 11.6 Å². The van der Waals surface area contributed by atoms with Crippen LogP contribution in [0.2, 0.25) is 0 Å². The molecule has 1 heterocycles. The first-order valence-electron chi connectivity index (χ1n) is 5.62. The largest absolute Gasteiger partial charge is 0.494 e. The number of aryl methyl sites for hydroxylation is 1. The van der Waals surface area contributed by atoms with E-state index in [1.165, 1.54) is 11.3 Å². The summed E-state index contributed by atoms with van der Waals surface area (Å²) in [6.07, 6.45) is 0. The molecule has 0 radical (unpaired) electrons. The summed E-state index contributed by atoms with van der Waals surface area (Å²) in [5.74, 6) is 0.865. The molecule has 0 unspecified atom stereocenters. The summed E-state index contributed by atoms with van der Waals surface area (Å²) in [6.45, 7) is 4.55. The average Bonchev–Trinajstić information content (AvgIpc) is 2.73. The SMILES string of the molecule is CCOc1ccc(-c2nc(C)c(C(N)=S)s2)cc1. The summed E-state index contributed by atoms with van der Waals surface area (Å²) in [7, 11) is 0. The average molecular weight is 278 g/mol. The molecule has 0 spiro atoms. The van der Waals surface area contributed by atoms with E-state index < -0.39 is 0 Å². The van der Waals surface area contributed by atoms with Gasteiger partial charge in [-0.3, -0.25) is 0 Å². The van der Waals surface area contributed by atoms with E-state index in [1.54, 1.807) is 0 Å². The van der Waals surface area contributed by atoms with Crippen molar-refractivity contribution in [2.45, 2.75) is 13.8 Å². The van der Waals surface area contributed by atoms with Gasteiger partial charge in [-0.05, 0) is 38.1 Å². The molecule has 5 heteroatoms. The Kier molecular flexibility index (Phi) is 3.93. The van der Waals surface area contributed by atoms with E-state index in [9.17, 15) is 0 Å². The van der Waals surface area contributed by atoms with Crippen LogP contribution in [-0.2, 0) is 0 Å². The van der Waals surface area contributed by atoms with Gasteiger partial charge < -0.3 is 10.5 Å². The third-order valence-electron chi connectivity index (χ3n) is 2.43. The Morgan fingerprint density at radius 2 is 2.06 bits per heavy atom. The zero-order chi connectivity index (χ0) is 13.1. The maximum Gasteiger partial charge on any atom is 0.124 e. The van der Waals surface area contributed by atoms with Gasteiger partial charge in [0.15, 0.2) is 0 Å². The van der Waals surface area contributed by atoms with Gasteiger partial charge in [0.25, 0.3) is 0 Å². The molecule has 0 atom stereocenters. The molecule has 0 saturated heterocycles. The standard InChI is InChI=1S/C13H14N2OS2/c1-3-16-10-6-4-9(5-7-10)13-15-8(2)11(18-13)12(14)17/h4-7H,3H2,1-2H3,(H2,14,17). The molecule has 94 valence electrons. The molecule has 0 aliphatic heterocycles. The van der Waals surface area contributed by atoms with Gasteiger partial charge >= 0.3 is 0 Å². The van der Waals surface area contributed by atoms with Crippen LogP contribution in [0.1, 0.15) is 17.5 Å². The van der Waals surface area contributed by atoms with Crippen molar-refractivity contribution in [2.75, 3.05) is 6.61 Å². The fourth-order valence-corrected chi connectivity index (χ4v) is 2.81. The molecule has 0 fully saturated rings. The van der Waals surface area contributed by atoms with E-state index >= 15 is 0 Å². The molecule has 0 aliphatic rings. The molecule has 0 amide bonds. The third kappa shape index (κ3) is 2.68. The second kappa shape index (κ2) is 5.46. The van der Waals surface area contributed by atoms with E-state index in [0.717, 1.165) is 26.9 Å². The zero-order valence-electron chi connectivity index (χ0n) is 10.3. The number of thiazole rings is 1. The second-order valence-corrected chi connectivity index (χ2v) is 5.19. The lowest BCUT2D eigenvalue weighted by Crippen LogP contribution is -2.08. The van der Waals surface area contributed by atoms with Crippen LogP contribution in [0.4, 0.5) is 0 Å². The fourth-order valence-electron chi connectivity index (χ4n) is 1.61. The van der Waals surface area contributed by atoms with Crippen molar-refractivity contribution in [3.63, 3.8) is 0 Å². The van der Waals surface area contributed by atoms with Crippen molar-refractivity contribution >= 4 is 28.5 Å². The number of benzene rings is 1. The molecule has 0 aliphatic carbocycles. The molecule has 2 N–H and O–H groups in total. The van der Waals surface area contributed by atoms with Crippen LogP contribution >= 0.6 is 23.6 Å². The van der Waals surface area contributed by atoms with Crippen LogP contribution in [0, 0.1) is 6.92 Å². The molecule has 2 aromatic rings. The third-order valence-corrected chi connectivity index (χ3v) is 4.01. The summed E-state index contributed by atoms with van der Waals surface area (Å²) >= 11 is 6.52. The summed E-state index contributed by atoms with van der Waals surface area (Å²) in [6, 6.07) is 7.87. The molecule has 2 rings (SSSR count). The first-order valence-corrected chi connectivity index (χ1v) is 6.84. The lowest BCUT2D eigenvalue weighted by Gasteiger charge is -2.02. The number of thiocarbonyl (C=S) groups is 1. The minimum Gasteiger partial charge on any atom is -0.494 e. The van der Waals surface area contributed by atoms with Crippen molar-refractivity contribution in [1.82, 2.24) is 4.98 Å². The van der Waals surface area contributed by atoms with Crippen molar-refractivity contribution in [1.29, 1.82) is 0 Å². The fraction of sp³-hybridized carbons (Fsp3) is 0.231. The summed E-state index contributed by atoms with van der Waals surface area (Å²) < 4.78 is 5.41. The molecule has 1 aromatic carbocycles. The highest BCUT2D eigenvalue weighted by atomic mass is 32.1. The van der Waals surface area contributed by atoms with Crippen LogP contribution in [0.3, 0.4) is 0 Å². The highest BCUT2D eigenvalue weighted by Gasteiger charge is 2.11. The van der Waals surface area contributed by atoms with E-state index in [1.807, 2.05) is 38.1 Å². The topological polar surface area (TPSA) is 48.1 Å². The smallest absolute Gasteiger partial charge is 0.124 e. The van der Waals surface area contributed by atoms with Gasteiger partial charge in [0.05, 0.1) is 17.2 Å². The number of ether oxygens (including phenoxy) is 1. The summed E-state index contributed by atoms with van der Waals surface area (Å²) in [5, 5.41) is 0.929. The number of hydrogen-bond donors (Lipinski definition) is 1. The molecular formula is C13H14N2OS2. The first kappa shape index (κ1) is 13.0.